The van der Waals surface area contributed by atoms with E-state index in [9.17, 15) is 4.79 Å². The van der Waals surface area contributed by atoms with Gasteiger partial charge in [-0.25, -0.2) is 0 Å². The Morgan fingerprint density at radius 2 is 2.11 bits per heavy atom. The number of carbonyl (C=O) groups is 1. The van der Waals surface area contributed by atoms with Gasteiger partial charge in [-0.2, -0.15) is 4.98 Å². The molecule has 2 aromatic heterocycles. The van der Waals surface area contributed by atoms with Crippen molar-refractivity contribution in [3.05, 3.63) is 59.9 Å². The fourth-order valence-corrected chi connectivity index (χ4v) is 2.75. The van der Waals surface area contributed by atoms with Crippen LogP contribution in [0.5, 0.6) is 11.7 Å². The number of benzene rings is 1. The number of carbonyl (C=O) groups excluding carboxylic acids is 1. The van der Waals surface area contributed by atoms with E-state index < -0.39 is 0 Å². The number of nitrogens with zero attached hydrogens (tertiary/aromatic N) is 2. The second-order valence-electron chi connectivity index (χ2n) is 6.09. The molecule has 140 valence electrons. The van der Waals surface area contributed by atoms with Crippen LogP contribution in [0.3, 0.4) is 0 Å². The fourth-order valence-electron chi connectivity index (χ4n) is 2.75. The highest BCUT2D eigenvalue weighted by Gasteiger charge is 2.23. The van der Waals surface area contributed by atoms with E-state index in [1.54, 1.807) is 24.3 Å². The lowest BCUT2D eigenvalue weighted by Gasteiger charge is -2.02. The van der Waals surface area contributed by atoms with Crippen molar-refractivity contribution in [2.45, 2.75) is 25.4 Å². The molecule has 1 amide bonds. The van der Waals surface area contributed by atoms with Crippen molar-refractivity contribution < 1.29 is 23.2 Å². The number of aromatic nitrogens is 2. The minimum atomic E-state index is -0.333. The molecule has 1 aliphatic rings. The number of rotatable bonds is 7. The largest absolute Gasteiger partial charge is 0.426 e. The second-order valence-corrected chi connectivity index (χ2v) is 6.09. The van der Waals surface area contributed by atoms with Gasteiger partial charge < -0.3 is 23.7 Å². The van der Waals surface area contributed by atoms with Gasteiger partial charge in [0, 0.05) is 25.6 Å². The first-order valence-electron chi connectivity index (χ1n) is 8.83. The van der Waals surface area contributed by atoms with Crippen LogP contribution in [0.4, 0.5) is 0 Å². The van der Waals surface area contributed by atoms with Crippen molar-refractivity contribution in [1.82, 2.24) is 15.5 Å². The summed E-state index contributed by atoms with van der Waals surface area (Å²) in [5, 5.41) is 6.68. The van der Waals surface area contributed by atoms with Crippen LogP contribution in [0.2, 0.25) is 0 Å². The lowest BCUT2D eigenvalue weighted by molar-refractivity contribution is 0.0835. The first-order chi connectivity index (χ1) is 13.3. The third-order valence-electron chi connectivity index (χ3n) is 4.09. The lowest BCUT2D eigenvalue weighted by Crippen LogP contribution is -2.25. The normalized spacial score (nSPS) is 16.4. The zero-order chi connectivity index (χ0) is 18.5. The van der Waals surface area contributed by atoms with Crippen LogP contribution < -0.4 is 10.1 Å². The molecule has 0 spiro atoms. The molecule has 4 rings (SSSR count). The van der Waals surface area contributed by atoms with Crippen molar-refractivity contribution in [3.8, 4) is 11.7 Å². The molecule has 8 heteroatoms. The number of ether oxygens (including phenoxy) is 2. The Hall–Kier alpha value is -3.13. The summed E-state index contributed by atoms with van der Waals surface area (Å²) in [6.45, 7) is 1.08. The Labute approximate surface area is 155 Å². The van der Waals surface area contributed by atoms with E-state index >= 15 is 0 Å². The smallest absolute Gasteiger partial charge is 0.290 e. The molecule has 27 heavy (non-hydrogen) atoms. The molecule has 0 bridgehead atoms. The monoisotopic (exact) mass is 369 g/mol. The molecule has 0 saturated carbocycles. The molecule has 8 nitrogen and oxygen atoms in total. The summed E-state index contributed by atoms with van der Waals surface area (Å²) in [6.07, 6.45) is 2.24. The van der Waals surface area contributed by atoms with E-state index in [4.69, 9.17) is 18.4 Å². The van der Waals surface area contributed by atoms with E-state index in [1.807, 2.05) is 18.2 Å². The maximum Gasteiger partial charge on any atom is 0.290 e. The molecular formula is C19H19N3O5. The molecule has 3 heterocycles. The molecule has 3 aromatic rings. The van der Waals surface area contributed by atoms with Gasteiger partial charge in [0.2, 0.25) is 0 Å². The average molecular weight is 369 g/mol. The molecule has 1 atom stereocenters. The number of furan rings is 1. The van der Waals surface area contributed by atoms with Crippen LogP contribution in [0, 0.1) is 0 Å². The van der Waals surface area contributed by atoms with E-state index in [0.29, 0.717) is 30.4 Å². The van der Waals surface area contributed by atoms with Crippen molar-refractivity contribution in [2.24, 2.45) is 0 Å². The average Bonchev–Trinajstić information content (AvgIpc) is 3.44. The van der Waals surface area contributed by atoms with Crippen LogP contribution in [0.15, 0.2) is 51.4 Å². The van der Waals surface area contributed by atoms with Gasteiger partial charge in [-0.15, -0.1) is 0 Å². The number of hydrogen-bond acceptors (Lipinski definition) is 7. The quantitative estimate of drug-likeness (QED) is 0.682. The summed E-state index contributed by atoms with van der Waals surface area (Å²) in [7, 11) is 0. The van der Waals surface area contributed by atoms with Gasteiger partial charge in [-0.3, -0.25) is 4.79 Å². The third-order valence-corrected chi connectivity index (χ3v) is 4.09. The zero-order valence-corrected chi connectivity index (χ0v) is 14.6. The molecule has 1 unspecified atom stereocenters. The predicted molar refractivity (Wildman–Crippen MR) is 93.5 cm³/mol. The minimum Gasteiger partial charge on any atom is -0.426 e. The first-order valence-corrected chi connectivity index (χ1v) is 8.83. The standard InChI is InChI=1S/C19H19N3O5/c23-18(14-8-9-17(26-14)25-13-5-2-1-3-6-13)20-11-10-16-21-19(27-22-16)15-7-4-12-24-15/h1-3,5-6,8-9,15H,4,7,10-12H2,(H,20,23). The molecule has 1 fully saturated rings. The minimum absolute atomic E-state index is 0.105. The summed E-state index contributed by atoms with van der Waals surface area (Å²) >= 11 is 0. The van der Waals surface area contributed by atoms with E-state index in [1.165, 1.54) is 0 Å². The Morgan fingerprint density at radius 3 is 2.93 bits per heavy atom. The number of hydrogen-bond donors (Lipinski definition) is 1. The zero-order valence-electron chi connectivity index (χ0n) is 14.6. The number of para-hydroxylation sites is 1. The van der Waals surface area contributed by atoms with Gasteiger partial charge in [0.05, 0.1) is 0 Å². The van der Waals surface area contributed by atoms with Crippen molar-refractivity contribution in [3.63, 3.8) is 0 Å². The Kier molecular flexibility index (Phi) is 5.15. The van der Waals surface area contributed by atoms with Crippen molar-refractivity contribution in [1.29, 1.82) is 0 Å². The van der Waals surface area contributed by atoms with Crippen molar-refractivity contribution >= 4 is 5.91 Å². The molecule has 1 saturated heterocycles. The van der Waals surface area contributed by atoms with Gasteiger partial charge in [0.1, 0.15) is 11.9 Å². The third kappa shape index (κ3) is 4.35. The maximum absolute atomic E-state index is 12.2. The molecular weight excluding hydrogens is 350 g/mol. The highest BCUT2D eigenvalue weighted by molar-refractivity contribution is 5.91. The summed E-state index contributed by atoms with van der Waals surface area (Å²) in [6, 6.07) is 12.4. The molecule has 1 aromatic carbocycles. The Morgan fingerprint density at radius 1 is 1.22 bits per heavy atom. The van der Waals surface area contributed by atoms with Crippen LogP contribution in [0.25, 0.3) is 0 Å². The number of amides is 1. The number of nitrogens with one attached hydrogen (secondary N) is 1. The topological polar surface area (TPSA) is 99.6 Å². The fraction of sp³-hybridized carbons (Fsp3) is 0.316. The summed E-state index contributed by atoms with van der Waals surface area (Å²) in [5.41, 5.74) is 0. The lowest BCUT2D eigenvalue weighted by atomic mass is 10.2. The first kappa shape index (κ1) is 17.3. The highest BCUT2D eigenvalue weighted by atomic mass is 16.6. The predicted octanol–water partition coefficient (Wildman–Crippen LogP) is 3.28. The van der Waals surface area contributed by atoms with Gasteiger partial charge >= 0.3 is 0 Å². The van der Waals surface area contributed by atoms with E-state index in [0.717, 1.165) is 19.4 Å². The molecule has 0 radical (unpaired) electrons. The van der Waals surface area contributed by atoms with Crippen LogP contribution in [-0.4, -0.2) is 29.2 Å². The Bertz CT molecular complexity index is 884. The second kappa shape index (κ2) is 8.05. The SMILES string of the molecule is O=C(NCCc1noc(C2CCCO2)n1)c1ccc(Oc2ccccc2)o1. The van der Waals surface area contributed by atoms with E-state index in [2.05, 4.69) is 15.5 Å². The Balaban J connectivity index is 1.26. The van der Waals surface area contributed by atoms with Crippen LogP contribution >= 0.6 is 0 Å². The molecule has 1 aliphatic heterocycles. The van der Waals surface area contributed by atoms with Crippen molar-refractivity contribution in [2.75, 3.05) is 13.2 Å². The highest BCUT2D eigenvalue weighted by Crippen LogP contribution is 2.27. The molecule has 1 N–H and O–H groups in total. The van der Waals surface area contributed by atoms with Crippen LogP contribution in [-0.2, 0) is 11.2 Å². The summed E-state index contributed by atoms with van der Waals surface area (Å²) in [4.78, 5) is 16.5. The van der Waals surface area contributed by atoms with Gasteiger partial charge in [0.25, 0.3) is 17.7 Å². The van der Waals surface area contributed by atoms with Gasteiger partial charge in [0.15, 0.2) is 11.6 Å². The summed E-state index contributed by atoms with van der Waals surface area (Å²) in [5.74, 6) is 1.77. The van der Waals surface area contributed by atoms with Gasteiger partial charge in [-0.05, 0) is 31.0 Å². The molecule has 0 aliphatic carbocycles. The summed E-state index contributed by atoms with van der Waals surface area (Å²) < 4.78 is 21.7. The van der Waals surface area contributed by atoms with E-state index in [-0.39, 0.29) is 23.7 Å². The maximum atomic E-state index is 12.2. The van der Waals surface area contributed by atoms with Crippen LogP contribution in [0.1, 0.15) is 41.2 Å². The van der Waals surface area contributed by atoms with Gasteiger partial charge in [-0.1, -0.05) is 23.4 Å².